The highest BCUT2D eigenvalue weighted by molar-refractivity contribution is 5.82. The highest BCUT2D eigenvalue weighted by Crippen LogP contribution is 2.50. The van der Waals surface area contributed by atoms with Crippen molar-refractivity contribution in [2.45, 2.75) is 45.4 Å². The number of hydrogen-bond acceptors (Lipinski definition) is 1. The van der Waals surface area contributed by atoms with Crippen molar-refractivity contribution in [2.24, 2.45) is 11.3 Å². The Labute approximate surface area is 68.2 Å². The molecule has 1 heteroatoms. The van der Waals surface area contributed by atoms with Crippen LogP contribution in [0.4, 0.5) is 0 Å². The predicted molar refractivity (Wildman–Crippen MR) is 44.3 cm³/mol. The molecule has 0 unspecified atom stereocenters. The summed E-state index contributed by atoms with van der Waals surface area (Å²) in [7, 11) is 0. The van der Waals surface area contributed by atoms with E-state index in [1.807, 2.05) is 0 Å². The molecular weight excluding hydrogens is 136 g/mol. The first-order chi connectivity index (χ1) is 5.22. The SMILES string of the molecule is C[C@]12CCCC(=O)[C@@H]1CCC2. The number of hydrogen-bond donors (Lipinski definition) is 0. The van der Waals surface area contributed by atoms with Crippen molar-refractivity contribution >= 4 is 5.78 Å². The average Bonchev–Trinajstić information content (AvgIpc) is 2.31. The molecule has 2 aliphatic carbocycles. The molecule has 1 nitrogen and oxygen atoms in total. The molecule has 2 atom stereocenters. The second-order valence-electron chi connectivity index (χ2n) is 4.42. The molecule has 0 amide bonds. The highest BCUT2D eigenvalue weighted by Gasteiger charge is 2.44. The molecule has 0 aromatic carbocycles. The smallest absolute Gasteiger partial charge is 0.136 e. The molecule has 62 valence electrons. The van der Waals surface area contributed by atoms with Gasteiger partial charge in [-0.2, -0.15) is 0 Å². The molecule has 11 heavy (non-hydrogen) atoms. The summed E-state index contributed by atoms with van der Waals surface area (Å²) in [5, 5.41) is 0. The van der Waals surface area contributed by atoms with Crippen LogP contribution in [0.2, 0.25) is 0 Å². The van der Waals surface area contributed by atoms with Crippen LogP contribution in [-0.4, -0.2) is 5.78 Å². The first-order valence-electron chi connectivity index (χ1n) is 4.75. The van der Waals surface area contributed by atoms with Gasteiger partial charge in [0.05, 0.1) is 0 Å². The molecule has 2 rings (SSSR count). The van der Waals surface area contributed by atoms with E-state index in [0.29, 0.717) is 17.1 Å². The minimum atomic E-state index is 0.412. The largest absolute Gasteiger partial charge is 0.299 e. The van der Waals surface area contributed by atoms with Crippen LogP contribution >= 0.6 is 0 Å². The van der Waals surface area contributed by atoms with Crippen LogP contribution in [0.25, 0.3) is 0 Å². The molecule has 2 saturated carbocycles. The Morgan fingerprint density at radius 3 is 2.82 bits per heavy atom. The quantitative estimate of drug-likeness (QED) is 0.521. The first-order valence-corrected chi connectivity index (χ1v) is 4.75. The van der Waals surface area contributed by atoms with Crippen LogP contribution in [0.1, 0.15) is 45.4 Å². The van der Waals surface area contributed by atoms with E-state index < -0.39 is 0 Å². The van der Waals surface area contributed by atoms with Gasteiger partial charge in [0.1, 0.15) is 5.78 Å². The molecule has 0 aliphatic heterocycles. The summed E-state index contributed by atoms with van der Waals surface area (Å²) >= 11 is 0. The maximum Gasteiger partial charge on any atom is 0.136 e. The maximum atomic E-state index is 11.5. The zero-order valence-corrected chi connectivity index (χ0v) is 7.23. The number of rotatable bonds is 0. The second kappa shape index (κ2) is 2.33. The van der Waals surface area contributed by atoms with E-state index in [1.165, 1.54) is 25.7 Å². The maximum absolute atomic E-state index is 11.5. The summed E-state index contributed by atoms with van der Waals surface area (Å²) in [4.78, 5) is 11.5. The van der Waals surface area contributed by atoms with Crippen molar-refractivity contribution in [2.75, 3.05) is 0 Å². The Morgan fingerprint density at radius 1 is 1.36 bits per heavy atom. The number of carbonyl (C=O) groups excluding carboxylic acids is 1. The third-order valence-electron chi connectivity index (χ3n) is 3.64. The molecule has 0 bridgehead atoms. The molecule has 0 spiro atoms. The Bertz CT molecular complexity index is 185. The first kappa shape index (κ1) is 7.33. The average molecular weight is 152 g/mol. The van der Waals surface area contributed by atoms with E-state index in [-0.39, 0.29) is 0 Å². The van der Waals surface area contributed by atoms with Gasteiger partial charge in [0.2, 0.25) is 0 Å². The lowest BCUT2D eigenvalue weighted by Gasteiger charge is -2.34. The van der Waals surface area contributed by atoms with E-state index in [9.17, 15) is 4.79 Å². The minimum Gasteiger partial charge on any atom is -0.299 e. The van der Waals surface area contributed by atoms with Crippen molar-refractivity contribution in [1.82, 2.24) is 0 Å². The van der Waals surface area contributed by atoms with Gasteiger partial charge in [0.15, 0.2) is 0 Å². The van der Waals surface area contributed by atoms with Crippen molar-refractivity contribution in [1.29, 1.82) is 0 Å². The van der Waals surface area contributed by atoms with Crippen LogP contribution in [0, 0.1) is 11.3 Å². The standard InChI is InChI=1S/C10H16O/c1-10-6-2-4-8(10)9(11)5-3-7-10/h8H,2-7H2,1H3/t8-,10-/m0/s1. The third-order valence-corrected chi connectivity index (χ3v) is 3.64. The minimum absolute atomic E-state index is 0.412. The fourth-order valence-corrected chi connectivity index (χ4v) is 2.92. The van der Waals surface area contributed by atoms with E-state index in [0.717, 1.165) is 12.8 Å². The summed E-state index contributed by atoms with van der Waals surface area (Å²) in [6.07, 6.45) is 7.06. The second-order valence-corrected chi connectivity index (χ2v) is 4.42. The van der Waals surface area contributed by atoms with Gasteiger partial charge < -0.3 is 0 Å². The predicted octanol–water partition coefficient (Wildman–Crippen LogP) is 2.55. The third kappa shape index (κ3) is 1.02. The highest BCUT2D eigenvalue weighted by atomic mass is 16.1. The molecule has 0 saturated heterocycles. The molecule has 0 N–H and O–H groups in total. The van der Waals surface area contributed by atoms with E-state index >= 15 is 0 Å². The molecule has 0 aromatic heterocycles. The monoisotopic (exact) mass is 152 g/mol. The van der Waals surface area contributed by atoms with Crippen molar-refractivity contribution in [3.8, 4) is 0 Å². The van der Waals surface area contributed by atoms with Crippen molar-refractivity contribution in [3.63, 3.8) is 0 Å². The normalized spacial score (nSPS) is 44.1. The van der Waals surface area contributed by atoms with Crippen molar-refractivity contribution in [3.05, 3.63) is 0 Å². The van der Waals surface area contributed by atoms with Crippen molar-refractivity contribution < 1.29 is 4.79 Å². The summed E-state index contributed by atoms with van der Waals surface area (Å²) < 4.78 is 0. The molecule has 0 aromatic rings. The van der Waals surface area contributed by atoms with E-state index in [4.69, 9.17) is 0 Å². The lowest BCUT2D eigenvalue weighted by Crippen LogP contribution is -2.32. The molecule has 0 heterocycles. The number of ketones is 1. The molecule has 2 aliphatic rings. The van der Waals surface area contributed by atoms with Crippen LogP contribution in [-0.2, 0) is 4.79 Å². The fraction of sp³-hybridized carbons (Fsp3) is 0.900. The molecule has 2 fully saturated rings. The molecule has 0 radical (unpaired) electrons. The van der Waals surface area contributed by atoms with Gasteiger partial charge in [-0.05, 0) is 31.1 Å². The van der Waals surface area contributed by atoms with Gasteiger partial charge in [-0.3, -0.25) is 4.79 Å². The van der Waals surface area contributed by atoms with Gasteiger partial charge in [-0.15, -0.1) is 0 Å². The van der Waals surface area contributed by atoms with Gasteiger partial charge in [0.25, 0.3) is 0 Å². The number of carbonyl (C=O) groups is 1. The fourth-order valence-electron chi connectivity index (χ4n) is 2.92. The number of Topliss-reactive ketones (excluding diaryl/α,β-unsaturated/α-hetero) is 1. The van der Waals surface area contributed by atoms with Gasteiger partial charge >= 0.3 is 0 Å². The van der Waals surface area contributed by atoms with Gasteiger partial charge in [-0.1, -0.05) is 13.3 Å². The Hall–Kier alpha value is -0.330. The van der Waals surface area contributed by atoms with Crippen LogP contribution < -0.4 is 0 Å². The van der Waals surface area contributed by atoms with E-state index in [2.05, 4.69) is 6.92 Å². The summed E-state index contributed by atoms with van der Waals surface area (Å²) in [5.74, 6) is 0.993. The summed E-state index contributed by atoms with van der Waals surface area (Å²) in [6.45, 7) is 2.31. The number of fused-ring (bicyclic) bond motifs is 1. The zero-order valence-electron chi connectivity index (χ0n) is 7.23. The van der Waals surface area contributed by atoms with Gasteiger partial charge in [0, 0.05) is 12.3 Å². The lowest BCUT2D eigenvalue weighted by atomic mass is 9.69. The van der Waals surface area contributed by atoms with Crippen LogP contribution in [0.5, 0.6) is 0 Å². The van der Waals surface area contributed by atoms with Crippen LogP contribution in [0.3, 0.4) is 0 Å². The van der Waals surface area contributed by atoms with Gasteiger partial charge in [-0.25, -0.2) is 0 Å². The Morgan fingerprint density at radius 2 is 2.09 bits per heavy atom. The zero-order chi connectivity index (χ0) is 7.90. The molecular formula is C10H16O. The summed E-state index contributed by atoms with van der Waals surface area (Å²) in [6, 6.07) is 0. The lowest BCUT2D eigenvalue weighted by molar-refractivity contribution is -0.128. The topological polar surface area (TPSA) is 17.1 Å². The van der Waals surface area contributed by atoms with E-state index in [1.54, 1.807) is 0 Å². The van der Waals surface area contributed by atoms with Crippen LogP contribution in [0.15, 0.2) is 0 Å². The Balaban J connectivity index is 2.22. The Kier molecular flexibility index (Phi) is 1.55. The summed E-state index contributed by atoms with van der Waals surface area (Å²) in [5.41, 5.74) is 0.412.